The minimum atomic E-state index is -0.728. The third kappa shape index (κ3) is 2.49. The topological polar surface area (TPSA) is 84.7 Å². The molecule has 3 aliphatic heterocycles. The molecule has 0 aromatic carbocycles. The van der Waals surface area contributed by atoms with Crippen LogP contribution < -0.4 is 10.2 Å². The standard InChI is InChI=1S/C18H23N3O4/c1-10(2)5-7-19-16(22)14-12-4-6-18(24-12)9-21(17(23)15(14)18)13-8-11(3)25-20-13/h4,6,8,10,12,14-15H,5,7,9H2,1-3H3,(H,19,22). The van der Waals surface area contributed by atoms with Crippen molar-refractivity contribution in [2.24, 2.45) is 17.8 Å². The second-order valence-electron chi connectivity index (χ2n) is 7.59. The van der Waals surface area contributed by atoms with Crippen LogP contribution in [0.2, 0.25) is 0 Å². The number of hydrogen-bond donors (Lipinski definition) is 1. The lowest BCUT2D eigenvalue weighted by atomic mass is 9.77. The number of aromatic nitrogens is 1. The maximum atomic E-state index is 13.0. The lowest BCUT2D eigenvalue weighted by Gasteiger charge is -2.23. The zero-order valence-electron chi connectivity index (χ0n) is 14.7. The Hall–Kier alpha value is -2.15. The Bertz CT molecular complexity index is 740. The largest absolute Gasteiger partial charge is 0.360 e. The summed E-state index contributed by atoms with van der Waals surface area (Å²) in [6.07, 6.45) is 4.43. The Morgan fingerprint density at radius 2 is 2.32 bits per heavy atom. The highest BCUT2D eigenvalue weighted by Crippen LogP contribution is 2.52. The molecule has 25 heavy (non-hydrogen) atoms. The zero-order valence-corrected chi connectivity index (χ0v) is 14.7. The van der Waals surface area contributed by atoms with E-state index in [-0.39, 0.29) is 17.9 Å². The van der Waals surface area contributed by atoms with Crippen molar-refractivity contribution in [2.45, 2.75) is 38.9 Å². The number of carbonyl (C=O) groups is 2. The number of fused-ring (bicyclic) bond motifs is 1. The molecule has 7 nitrogen and oxygen atoms in total. The number of aryl methyl sites for hydroxylation is 1. The summed E-state index contributed by atoms with van der Waals surface area (Å²) in [5, 5.41) is 6.91. The number of ether oxygens (including phenoxy) is 1. The van der Waals surface area contributed by atoms with E-state index in [1.54, 1.807) is 17.9 Å². The average Bonchev–Trinajstić information content (AvgIpc) is 3.28. The van der Waals surface area contributed by atoms with Crippen LogP contribution in [0, 0.1) is 24.7 Å². The van der Waals surface area contributed by atoms with Gasteiger partial charge in [0.1, 0.15) is 11.4 Å². The molecule has 1 spiro atoms. The van der Waals surface area contributed by atoms with Gasteiger partial charge in [-0.05, 0) is 19.3 Å². The highest BCUT2D eigenvalue weighted by Gasteiger charge is 2.67. The summed E-state index contributed by atoms with van der Waals surface area (Å²) in [4.78, 5) is 27.3. The second-order valence-corrected chi connectivity index (χ2v) is 7.59. The molecule has 4 unspecified atom stereocenters. The van der Waals surface area contributed by atoms with E-state index in [1.807, 2.05) is 12.2 Å². The van der Waals surface area contributed by atoms with Crippen molar-refractivity contribution in [1.29, 1.82) is 0 Å². The van der Waals surface area contributed by atoms with Crippen molar-refractivity contribution in [1.82, 2.24) is 10.5 Å². The van der Waals surface area contributed by atoms with Gasteiger partial charge in [-0.15, -0.1) is 0 Å². The Morgan fingerprint density at radius 1 is 1.52 bits per heavy atom. The molecule has 4 rings (SSSR count). The number of hydrogen-bond acceptors (Lipinski definition) is 5. The molecule has 2 bridgehead atoms. The molecule has 0 radical (unpaired) electrons. The SMILES string of the molecule is Cc1cc(N2CC34C=CC(O3)C(C(=O)NCCC(C)C)C4C2=O)no1. The summed E-state index contributed by atoms with van der Waals surface area (Å²) in [6, 6.07) is 1.73. The summed E-state index contributed by atoms with van der Waals surface area (Å²) in [7, 11) is 0. The van der Waals surface area contributed by atoms with E-state index >= 15 is 0 Å². The predicted octanol–water partition coefficient (Wildman–Crippen LogP) is 1.43. The number of anilines is 1. The van der Waals surface area contributed by atoms with Gasteiger partial charge in [-0.2, -0.15) is 0 Å². The van der Waals surface area contributed by atoms with Gasteiger partial charge < -0.3 is 14.6 Å². The van der Waals surface area contributed by atoms with Gasteiger partial charge >= 0.3 is 0 Å². The molecule has 2 amide bonds. The molecule has 2 fully saturated rings. The summed E-state index contributed by atoms with van der Waals surface area (Å²) in [5.41, 5.74) is -0.728. The monoisotopic (exact) mass is 345 g/mol. The Balaban J connectivity index is 1.55. The molecule has 1 aromatic heterocycles. The Morgan fingerprint density at radius 3 is 3.00 bits per heavy atom. The first kappa shape index (κ1) is 16.3. The molecule has 1 N–H and O–H groups in total. The first-order valence-electron chi connectivity index (χ1n) is 8.81. The van der Waals surface area contributed by atoms with Crippen molar-refractivity contribution in [3.63, 3.8) is 0 Å². The van der Waals surface area contributed by atoms with Crippen LogP contribution in [-0.2, 0) is 14.3 Å². The summed E-state index contributed by atoms with van der Waals surface area (Å²) in [6.45, 7) is 6.99. The lowest BCUT2D eigenvalue weighted by molar-refractivity contribution is -0.131. The van der Waals surface area contributed by atoms with Gasteiger partial charge in [0, 0.05) is 12.6 Å². The van der Waals surface area contributed by atoms with Gasteiger partial charge in [0.2, 0.25) is 11.8 Å². The predicted molar refractivity (Wildman–Crippen MR) is 89.8 cm³/mol. The number of amides is 2. The van der Waals surface area contributed by atoms with Gasteiger partial charge in [0.05, 0.1) is 24.5 Å². The van der Waals surface area contributed by atoms with Crippen LogP contribution in [0.1, 0.15) is 26.0 Å². The van der Waals surface area contributed by atoms with Crippen LogP contribution in [0.15, 0.2) is 22.7 Å². The fourth-order valence-electron chi connectivity index (χ4n) is 4.07. The van der Waals surface area contributed by atoms with Crippen molar-refractivity contribution in [3.8, 4) is 0 Å². The van der Waals surface area contributed by atoms with Gasteiger partial charge in [0.25, 0.3) is 0 Å². The minimum Gasteiger partial charge on any atom is -0.360 e. The summed E-state index contributed by atoms with van der Waals surface area (Å²) < 4.78 is 11.2. The molecular weight excluding hydrogens is 322 g/mol. The van der Waals surface area contributed by atoms with Crippen LogP contribution in [0.4, 0.5) is 5.82 Å². The normalized spacial score (nSPS) is 32.7. The van der Waals surface area contributed by atoms with E-state index in [4.69, 9.17) is 9.26 Å². The average molecular weight is 345 g/mol. The molecule has 0 aliphatic carbocycles. The zero-order chi connectivity index (χ0) is 17.8. The van der Waals surface area contributed by atoms with E-state index in [0.717, 1.165) is 6.42 Å². The van der Waals surface area contributed by atoms with Crippen LogP contribution in [0.25, 0.3) is 0 Å². The quantitative estimate of drug-likeness (QED) is 0.816. The summed E-state index contributed by atoms with van der Waals surface area (Å²) >= 11 is 0. The first-order chi connectivity index (χ1) is 11.9. The van der Waals surface area contributed by atoms with Gasteiger partial charge in [-0.1, -0.05) is 31.2 Å². The molecular formula is C18H23N3O4. The maximum Gasteiger partial charge on any atom is 0.235 e. The third-order valence-corrected chi connectivity index (χ3v) is 5.32. The van der Waals surface area contributed by atoms with E-state index in [0.29, 0.717) is 30.6 Å². The van der Waals surface area contributed by atoms with Crippen molar-refractivity contribution >= 4 is 17.6 Å². The van der Waals surface area contributed by atoms with Crippen molar-refractivity contribution in [3.05, 3.63) is 24.0 Å². The molecule has 4 atom stereocenters. The molecule has 1 aromatic rings. The molecule has 134 valence electrons. The summed E-state index contributed by atoms with van der Waals surface area (Å²) in [5.74, 6) is 0.424. The Kier molecular flexibility index (Phi) is 3.72. The van der Waals surface area contributed by atoms with Crippen LogP contribution in [0.5, 0.6) is 0 Å². The lowest BCUT2D eigenvalue weighted by Crippen LogP contribution is -2.44. The first-order valence-corrected chi connectivity index (χ1v) is 8.81. The number of carbonyl (C=O) groups excluding carboxylic acids is 2. The highest BCUT2D eigenvalue weighted by molar-refractivity contribution is 6.02. The third-order valence-electron chi connectivity index (χ3n) is 5.32. The van der Waals surface area contributed by atoms with Gasteiger partial charge in [-0.25, -0.2) is 0 Å². The van der Waals surface area contributed by atoms with Crippen LogP contribution in [0.3, 0.4) is 0 Å². The molecule has 7 heteroatoms. The highest BCUT2D eigenvalue weighted by atomic mass is 16.5. The minimum absolute atomic E-state index is 0.103. The van der Waals surface area contributed by atoms with Crippen LogP contribution >= 0.6 is 0 Å². The van der Waals surface area contributed by atoms with Gasteiger partial charge in [0.15, 0.2) is 5.82 Å². The molecule has 3 aliphatic rings. The van der Waals surface area contributed by atoms with E-state index in [2.05, 4.69) is 24.3 Å². The number of rotatable bonds is 5. The number of nitrogens with one attached hydrogen (secondary N) is 1. The maximum absolute atomic E-state index is 13.0. The Labute approximate surface area is 146 Å². The molecule has 2 saturated heterocycles. The van der Waals surface area contributed by atoms with Crippen molar-refractivity contribution in [2.75, 3.05) is 18.0 Å². The fourth-order valence-corrected chi connectivity index (χ4v) is 4.07. The smallest absolute Gasteiger partial charge is 0.235 e. The van der Waals surface area contributed by atoms with E-state index in [1.165, 1.54) is 0 Å². The van der Waals surface area contributed by atoms with E-state index < -0.39 is 17.4 Å². The molecule has 0 saturated carbocycles. The van der Waals surface area contributed by atoms with Crippen molar-refractivity contribution < 1.29 is 18.8 Å². The fraction of sp³-hybridized carbons (Fsp3) is 0.611. The molecule has 4 heterocycles. The van der Waals surface area contributed by atoms with Crippen LogP contribution in [-0.4, -0.2) is 41.8 Å². The van der Waals surface area contributed by atoms with E-state index in [9.17, 15) is 9.59 Å². The number of nitrogens with zero attached hydrogens (tertiary/aromatic N) is 2. The second kappa shape index (κ2) is 5.69. The van der Waals surface area contributed by atoms with Gasteiger partial charge in [-0.3, -0.25) is 14.5 Å².